The van der Waals surface area contributed by atoms with Gasteiger partial charge in [-0.05, 0) is 48.9 Å². The standard InChI is InChI=1S/C18H16FN3O4/c1-2-26-18(25)13-5-9-15(10-6-13)21-16(23)17(24)22-20-11-12-3-7-14(19)8-4-12/h3-11H,2H2,1H3,(H,21,23)(H,22,24)/b20-11-. The molecule has 8 heteroatoms. The van der Waals surface area contributed by atoms with Gasteiger partial charge in [0, 0.05) is 5.69 Å². The number of carbonyl (C=O) groups is 3. The van der Waals surface area contributed by atoms with E-state index in [1.165, 1.54) is 54.7 Å². The van der Waals surface area contributed by atoms with Gasteiger partial charge in [-0.15, -0.1) is 0 Å². The van der Waals surface area contributed by atoms with E-state index in [0.29, 0.717) is 16.8 Å². The number of nitrogens with one attached hydrogen (secondary N) is 2. The van der Waals surface area contributed by atoms with Gasteiger partial charge in [0.2, 0.25) is 0 Å². The van der Waals surface area contributed by atoms with Crippen molar-refractivity contribution in [1.29, 1.82) is 0 Å². The van der Waals surface area contributed by atoms with Crippen LogP contribution in [0.3, 0.4) is 0 Å². The monoisotopic (exact) mass is 357 g/mol. The number of amides is 2. The molecule has 0 atom stereocenters. The number of carbonyl (C=O) groups excluding carboxylic acids is 3. The molecule has 2 N–H and O–H groups in total. The lowest BCUT2D eigenvalue weighted by atomic mass is 10.2. The molecule has 2 amide bonds. The number of hydrogen-bond acceptors (Lipinski definition) is 5. The molecule has 0 fully saturated rings. The zero-order chi connectivity index (χ0) is 18.9. The fourth-order valence-electron chi connectivity index (χ4n) is 1.86. The van der Waals surface area contributed by atoms with Crippen LogP contribution in [-0.4, -0.2) is 30.6 Å². The smallest absolute Gasteiger partial charge is 0.338 e. The summed E-state index contributed by atoms with van der Waals surface area (Å²) >= 11 is 0. The Hall–Kier alpha value is -3.55. The lowest BCUT2D eigenvalue weighted by molar-refractivity contribution is -0.136. The van der Waals surface area contributed by atoms with Gasteiger partial charge in [-0.2, -0.15) is 5.10 Å². The first kappa shape index (κ1) is 18.8. The number of ether oxygens (including phenoxy) is 1. The zero-order valence-electron chi connectivity index (χ0n) is 13.9. The summed E-state index contributed by atoms with van der Waals surface area (Å²) in [5.74, 6) is -2.76. The van der Waals surface area contributed by atoms with Gasteiger partial charge < -0.3 is 10.1 Å². The molecule has 26 heavy (non-hydrogen) atoms. The Kier molecular flexibility index (Phi) is 6.55. The molecule has 0 aliphatic rings. The average Bonchev–Trinajstić information content (AvgIpc) is 2.64. The molecule has 2 aromatic rings. The summed E-state index contributed by atoms with van der Waals surface area (Å²) in [4.78, 5) is 35.0. The second-order valence-corrected chi connectivity index (χ2v) is 5.00. The van der Waals surface area contributed by atoms with Crippen molar-refractivity contribution in [3.8, 4) is 0 Å². The van der Waals surface area contributed by atoms with Crippen LogP contribution in [-0.2, 0) is 14.3 Å². The van der Waals surface area contributed by atoms with Crippen LogP contribution < -0.4 is 10.7 Å². The van der Waals surface area contributed by atoms with Crippen molar-refractivity contribution in [3.05, 3.63) is 65.5 Å². The van der Waals surface area contributed by atoms with E-state index in [9.17, 15) is 18.8 Å². The van der Waals surface area contributed by atoms with Crippen LogP contribution in [0, 0.1) is 5.82 Å². The summed E-state index contributed by atoms with van der Waals surface area (Å²) in [5.41, 5.74) is 3.29. The van der Waals surface area contributed by atoms with Crippen LogP contribution in [0.4, 0.5) is 10.1 Å². The van der Waals surface area contributed by atoms with Gasteiger partial charge in [0.15, 0.2) is 0 Å². The van der Waals surface area contributed by atoms with Gasteiger partial charge in [-0.1, -0.05) is 12.1 Å². The Morgan fingerprint density at radius 3 is 2.31 bits per heavy atom. The molecule has 0 aliphatic heterocycles. The Morgan fingerprint density at radius 1 is 1.04 bits per heavy atom. The summed E-state index contributed by atoms with van der Waals surface area (Å²) < 4.78 is 17.6. The minimum absolute atomic E-state index is 0.260. The molecule has 0 heterocycles. The first-order chi connectivity index (χ1) is 12.5. The van der Waals surface area contributed by atoms with Gasteiger partial charge in [0.25, 0.3) is 0 Å². The zero-order valence-corrected chi connectivity index (χ0v) is 13.9. The summed E-state index contributed by atoms with van der Waals surface area (Å²) in [6, 6.07) is 11.3. The van der Waals surface area contributed by atoms with Crippen molar-refractivity contribution in [2.45, 2.75) is 6.92 Å². The molecule has 0 unspecified atom stereocenters. The van der Waals surface area contributed by atoms with E-state index in [2.05, 4.69) is 15.8 Å². The SMILES string of the molecule is CCOC(=O)c1ccc(NC(=O)C(=O)N/N=C\c2ccc(F)cc2)cc1. The van der Waals surface area contributed by atoms with Crippen LogP contribution in [0.2, 0.25) is 0 Å². The average molecular weight is 357 g/mol. The third-order valence-corrected chi connectivity index (χ3v) is 3.11. The Morgan fingerprint density at radius 2 is 1.69 bits per heavy atom. The van der Waals surface area contributed by atoms with E-state index < -0.39 is 17.8 Å². The molecule has 0 bridgehead atoms. The third kappa shape index (κ3) is 5.52. The third-order valence-electron chi connectivity index (χ3n) is 3.11. The maximum atomic E-state index is 12.8. The number of esters is 1. The second kappa shape index (κ2) is 9.07. The second-order valence-electron chi connectivity index (χ2n) is 5.00. The number of benzene rings is 2. The van der Waals surface area contributed by atoms with Crippen LogP contribution in [0.25, 0.3) is 0 Å². The molecule has 0 aromatic heterocycles. The topological polar surface area (TPSA) is 96.9 Å². The number of nitrogens with zero attached hydrogens (tertiary/aromatic N) is 1. The van der Waals surface area contributed by atoms with Gasteiger partial charge in [0.05, 0.1) is 18.4 Å². The van der Waals surface area contributed by atoms with Crippen molar-refractivity contribution >= 4 is 29.7 Å². The van der Waals surface area contributed by atoms with E-state index in [0.717, 1.165) is 0 Å². The van der Waals surface area contributed by atoms with Crippen molar-refractivity contribution < 1.29 is 23.5 Å². The minimum atomic E-state index is -0.974. The Balaban J connectivity index is 1.87. The van der Waals surface area contributed by atoms with Gasteiger partial charge >= 0.3 is 17.8 Å². The van der Waals surface area contributed by atoms with Crippen molar-refractivity contribution in [2.75, 3.05) is 11.9 Å². The fourth-order valence-corrected chi connectivity index (χ4v) is 1.86. The molecule has 2 aromatic carbocycles. The number of hydrogen-bond donors (Lipinski definition) is 2. The predicted molar refractivity (Wildman–Crippen MR) is 93.2 cm³/mol. The van der Waals surface area contributed by atoms with E-state index in [1.54, 1.807) is 6.92 Å². The van der Waals surface area contributed by atoms with E-state index >= 15 is 0 Å². The molecule has 134 valence electrons. The normalized spacial score (nSPS) is 10.4. The van der Waals surface area contributed by atoms with E-state index in [-0.39, 0.29) is 12.4 Å². The molecule has 0 aliphatic carbocycles. The van der Waals surface area contributed by atoms with E-state index in [1.807, 2.05) is 0 Å². The number of halogens is 1. The number of anilines is 1. The molecule has 0 spiro atoms. The highest BCUT2D eigenvalue weighted by molar-refractivity contribution is 6.39. The first-order valence-electron chi connectivity index (χ1n) is 7.66. The fraction of sp³-hybridized carbons (Fsp3) is 0.111. The summed E-state index contributed by atoms with van der Waals surface area (Å²) in [7, 11) is 0. The maximum absolute atomic E-state index is 12.8. The Labute approximate surface area is 148 Å². The van der Waals surface area contributed by atoms with Crippen molar-refractivity contribution in [1.82, 2.24) is 5.43 Å². The highest BCUT2D eigenvalue weighted by Gasteiger charge is 2.13. The van der Waals surface area contributed by atoms with Crippen molar-refractivity contribution in [3.63, 3.8) is 0 Å². The largest absolute Gasteiger partial charge is 0.462 e. The van der Waals surface area contributed by atoms with Gasteiger partial charge in [-0.3, -0.25) is 9.59 Å². The molecule has 0 radical (unpaired) electrons. The molecular formula is C18H16FN3O4. The molecule has 0 saturated carbocycles. The van der Waals surface area contributed by atoms with Crippen LogP contribution in [0.5, 0.6) is 0 Å². The first-order valence-corrected chi connectivity index (χ1v) is 7.66. The molecule has 7 nitrogen and oxygen atoms in total. The van der Waals surface area contributed by atoms with Crippen LogP contribution >= 0.6 is 0 Å². The molecular weight excluding hydrogens is 341 g/mol. The van der Waals surface area contributed by atoms with Crippen molar-refractivity contribution in [2.24, 2.45) is 5.10 Å². The van der Waals surface area contributed by atoms with E-state index in [4.69, 9.17) is 4.74 Å². The lowest BCUT2D eigenvalue weighted by Crippen LogP contribution is -2.32. The van der Waals surface area contributed by atoms with Crippen LogP contribution in [0.1, 0.15) is 22.8 Å². The maximum Gasteiger partial charge on any atom is 0.338 e. The van der Waals surface area contributed by atoms with Gasteiger partial charge in [0.1, 0.15) is 5.82 Å². The molecule has 2 rings (SSSR count). The number of hydrazone groups is 1. The lowest BCUT2D eigenvalue weighted by Gasteiger charge is -2.05. The summed E-state index contributed by atoms with van der Waals surface area (Å²) in [6.07, 6.45) is 1.28. The highest BCUT2D eigenvalue weighted by Crippen LogP contribution is 2.10. The predicted octanol–water partition coefficient (Wildman–Crippen LogP) is 2.09. The quantitative estimate of drug-likeness (QED) is 0.371. The highest BCUT2D eigenvalue weighted by atomic mass is 19.1. The molecule has 0 saturated heterocycles. The summed E-state index contributed by atoms with van der Waals surface area (Å²) in [6.45, 7) is 1.96. The Bertz CT molecular complexity index is 817. The van der Waals surface area contributed by atoms with Gasteiger partial charge in [-0.25, -0.2) is 14.6 Å². The number of rotatable bonds is 5. The minimum Gasteiger partial charge on any atom is -0.462 e. The summed E-state index contributed by atoms with van der Waals surface area (Å²) in [5, 5.41) is 5.99. The van der Waals surface area contributed by atoms with Crippen LogP contribution in [0.15, 0.2) is 53.6 Å².